The first-order valence-electron chi connectivity index (χ1n) is 9.63. The number of hydrogen-bond acceptors (Lipinski definition) is 4. The van der Waals surface area contributed by atoms with Crippen LogP contribution in [0.5, 0.6) is 0 Å². The van der Waals surface area contributed by atoms with E-state index in [4.69, 9.17) is 11.6 Å². The molecule has 4 nitrogen and oxygen atoms in total. The van der Waals surface area contributed by atoms with Crippen molar-refractivity contribution in [1.82, 2.24) is 14.8 Å². The van der Waals surface area contributed by atoms with Gasteiger partial charge in [0.25, 0.3) is 0 Å². The maximum Gasteiger partial charge on any atom is 0.227 e. The van der Waals surface area contributed by atoms with Crippen molar-refractivity contribution in [1.29, 1.82) is 0 Å². The Morgan fingerprint density at radius 3 is 2.50 bits per heavy atom. The van der Waals surface area contributed by atoms with E-state index in [-0.39, 0.29) is 28.7 Å². The molecule has 0 unspecified atom stereocenters. The van der Waals surface area contributed by atoms with Crippen LogP contribution in [0.3, 0.4) is 0 Å². The quantitative estimate of drug-likeness (QED) is 0.572. The van der Waals surface area contributed by atoms with E-state index in [0.717, 1.165) is 29.4 Å². The van der Waals surface area contributed by atoms with E-state index in [1.54, 1.807) is 34.4 Å². The van der Waals surface area contributed by atoms with E-state index in [1.165, 1.54) is 24.3 Å². The predicted molar refractivity (Wildman–Crippen MR) is 114 cm³/mol. The van der Waals surface area contributed by atoms with Gasteiger partial charge < -0.3 is 4.90 Å². The number of hydrogen-bond donors (Lipinski definition) is 0. The predicted octanol–water partition coefficient (Wildman–Crippen LogP) is 4.63. The zero-order valence-electron chi connectivity index (χ0n) is 16.2. The smallest absolute Gasteiger partial charge is 0.227 e. The molecular weight excluding hydrogens is 428 g/mol. The minimum Gasteiger partial charge on any atom is -0.340 e. The Morgan fingerprint density at radius 1 is 1.07 bits per heavy atom. The summed E-state index contributed by atoms with van der Waals surface area (Å²) in [4.78, 5) is 21.2. The van der Waals surface area contributed by atoms with Gasteiger partial charge in [-0.05, 0) is 36.4 Å². The van der Waals surface area contributed by atoms with E-state index >= 15 is 0 Å². The number of rotatable bonds is 5. The van der Waals surface area contributed by atoms with Crippen LogP contribution in [-0.2, 0) is 17.8 Å². The van der Waals surface area contributed by atoms with Crippen molar-refractivity contribution in [2.75, 3.05) is 26.2 Å². The Balaban J connectivity index is 1.31. The Kier molecular flexibility index (Phi) is 6.41. The van der Waals surface area contributed by atoms with Gasteiger partial charge >= 0.3 is 0 Å². The Bertz CT molecular complexity index is 1010. The molecule has 156 valence electrons. The topological polar surface area (TPSA) is 36.4 Å². The lowest BCUT2D eigenvalue weighted by Crippen LogP contribution is -2.48. The molecule has 2 heterocycles. The molecule has 0 N–H and O–H groups in total. The molecule has 0 radical (unpaired) electrons. The molecule has 0 atom stereocenters. The van der Waals surface area contributed by atoms with Gasteiger partial charge in [-0.25, -0.2) is 13.8 Å². The summed E-state index contributed by atoms with van der Waals surface area (Å²) >= 11 is 7.61. The van der Waals surface area contributed by atoms with E-state index in [1.807, 2.05) is 5.38 Å². The van der Waals surface area contributed by atoms with Gasteiger partial charge in [-0.3, -0.25) is 9.69 Å². The number of amides is 1. The molecule has 3 aromatic rings. The summed E-state index contributed by atoms with van der Waals surface area (Å²) in [6.07, 6.45) is -0.0288. The minimum atomic E-state index is -0.449. The molecule has 0 bridgehead atoms. The summed E-state index contributed by atoms with van der Waals surface area (Å²) in [6.45, 7) is 3.32. The van der Waals surface area contributed by atoms with Crippen LogP contribution in [0.25, 0.3) is 11.3 Å². The lowest BCUT2D eigenvalue weighted by molar-refractivity contribution is -0.132. The summed E-state index contributed by atoms with van der Waals surface area (Å²) in [6, 6.07) is 10.8. The maximum absolute atomic E-state index is 13.9. The number of thiazole rings is 1. The van der Waals surface area contributed by atoms with E-state index < -0.39 is 5.82 Å². The average Bonchev–Trinajstić information content (AvgIpc) is 3.20. The zero-order chi connectivity index (χ0) is 21.1. The average molecular weight is 448 g/mol. The lowest BCUT2D eigenvalue weighted by Gasteiger charge is -2.34. The van der Waals surface area contributed by atoms with Crippen LogP contribution < -0.4 is 0 Å². The molecule has 1 amide bonds. The first-order valence-corrected chi connectivity index (χ1v) is 10.9. The van der Waals surface area contributed by atoms with Crippen LogP contribution >= 0.6 is 22.9 Å². The van der Waals surface area contributed by atoms with Gasteiger partial charge in [-0.15, -0.1) is 11.3 Å². The second-order valence-electron chi connectivity index (χ2n) is 7.17. The number of aromatic nitrogens is 1. The van der Waals surface area contributed by atoms with E-state index in [9.17, 15) is 13.6 Å². The number of benzene rings is 2. The van der Waals surface area contributed by atoms with Gasteiger partial charge in [0.15, 0.2) is 0 Å². The fraction of sp³-hybridized carbons (Fsp3) is 0.273. The summed E-state index contributed by atoms with van der Waals surface area (Å²) in [7, 11) is 0. The van der Waals surface area contributed by atoms with E-state index in [0.29, 0.717) is 19.6 Å². The van der Waals surface area contributed by atoms with Crippen LogP contribution in [-0.4, -0.2) is 46.9 Å². The summed E-state index contributed by atoms with van der Waals surface area (Å²) in [5, 5.41) is 3.23. The van der Waals surface area contributed by atoms with Crippen LogP contribution in [0.2, 0.25) is 5.02 Å². The molecule has 1 fully saturated rings. The van der Waals surface area contributed by atoms with Gasteiger partial charge in [-0.2, -0.15) is 0 Å². The summed E-state index contributed by atoms with van der Waals surface area (Å²) < 4.78 is 27.0. The molecule has 8 heteroatoms. The normalized spacial score (nSPS) is 14.8. The highest BCUT2D eigenvalue weighted by molar-refractivity contribution is 7.09. The van der Waals surface area contributed by atoms with Crippen molar-refractivity contribution >= 4 is 28.8 Å². The number of nitrogens with zero attached hydrogens (tertiary/aromatic N) is 3. The minimum absolute atomic E-state index is 0.0288. The molecule has 1 aromatic heterocycles. The maximum atomic E-state index is 13.9. The van der Waals surface area contributed by atoms with Crippen LogP contribution in [0, 0.1) is 11.6 Å². The van der Waals surface area contributed by atoms with Crippen molar-refractivity contribution < 1.29 is 13.6 Å². The number of halogens is 3. The molecule has 1 saturated heterocycles. The second-order valence-corrected chi connectivity index (χ2v) is 8.52. The monoisotopic (exact) mass is 447 g/mol. The molecule has 30 heavy (non-hydrogen) atoms. The first kappa shape index (κ1) is 20.9. The van der Waals surface area contributed by atoms with Crippen LogP contribution in [0.1, 0.15) is 10.6 Å². The molecule has 1 aliphatic rings. The largest absolute Gasteiger partial charge is 0.340 e. The van der Waals surface area contributed by atoms with Crippen LogP contribution in [0.4, 0.5) is 8.78 Å². The number of piperazine rings is 1. The fourth-order valence-corrected chi connectivity index (χ4v) is 4.52. The zero-order valence-corrected chi connectivity index (χ0v) is 17.7. The summed E-state index contributed by atoms with van der Waals surface area (Å²) in [5.74, 6) is -0.830. The molecular formula is C22H20ClF2N3OS. The van der Waals surface area contributed by atoms with Crippen molar-refractivity contribution in [3.63, 3.8) is 0 Å². The molecule has 0 aliphatic carbocycles. The second kappa shape index (κ2) is 9.20. The molecule has 1 aliphatic heterocycles. The summed E-state index contributed by atoms with van der Waals surface area (Å²) in [5.41, 5.74) is 1.98. The number of carbonyl (C=O) groups excluding carboxylic acids is 1. The van der Waals surface area contributed by atoms with Gasteiger partial charge in [-0.1, -0.05) is 17.7 Å². The molecule has 4 rings (SSSR count). The van der Waals surface area contributed by atoms with Gasteiger partial charge in [0.2, 0.25) is 5.91 Å². The molecule has 0 saturated carbocycles. The Hall–Kier alpha value is -2.35. The van der Waals surface area contributed by atoms with Crippen molar-refractivity contribution in [2.45, 2.75) is 13.0 Å². The molecule has 2 aromatic carbocycles. The highest BCUT2D eigenvalue weighted by Gasteiger charge is 2.23. The highest BCUT2D eigenvalue weighted by Crippen LogP contribution is 2.24. The third-order valence-electron chi connectivity index (χ3n) is 5.17. The van der Waals surface area contributed by atoms with Crippen molar-refractivity contribution in [2.24, 2.45) is 0 Å². The van der Waals surface area contributed by atoms with Gasteiger partial charge in [0, 0.05) is 47.7 Å². The highest BCUT2D eigenvalue weighted by atomic mass is 35.5. The van der Waals surface area contributed by atoms with Crippen LogP contribution in [0.15, 0.2) is 47.8 Å². The SMILES string of the molecule is O=C(Cc1c(F)cccc1Cl)N1CCN(Cc2nc(-c3ccc(F)cc3)cs2)CC1. The first-order chi connectivity index (χ1) is 14.5. The standard InChI is InChI=1S/C22H20ClF2N3OS/c23-18-2-1-3-19(25)17(18)12-22(29)28-10-8-27(9-11-28)13-21-26-20(14-30-21)15-4-6-16(24)7-5-15/h1-7,14H,8-13H2. The third-order valence-corrected chi connectivity index (χ3v) is 6.35. The molecule has 0 spiro atoms. The Morgan fingerprint density at radius 2 is 1.80 bits per heavy atom. The van der Waals surface area contributed by atoms with E-state index in [2.05, 4.69) is 9.88 Å². The Labute approximate surface area is 182 Å². The fourth-order valence-electron chi connectivity index (χ4n) is 3.45. The van der Waals surface area contributed by atoms with Crippen molar-refractivity contribution in [3.8, 4) is 11.3 Å². The van der Waals surface area contributed by atoms with Gasteiger partial charge in [0.1, 0.15) is 16.6 Å². The van der Waals surface area contributed by atoms with Crippen molar-refractivity contribution in [3.05, 3.63) is 75.1 Å². The number of carbonyl (C=O) groups is 1. The van der Waals surface area contributed by atoms with Gasteiger partial charge in [0.05, 0.1) is 18.7 Å². The third kappa shape index (κ3) is 4.86. The lowest BCUT2D eigenvalue weighted by atomic mass is 10.1.